The number of anilines is 1. The molecule has 6 nitrogen and oxygen atoms in total. The molecule has 2 heterocycles. The van der Waals surface area contributed by atoms with E-state index < -0.39 is 16.6 Å². The Morgan fingerprint density at radius 3 is 2.60 bits per heavy atom. The second-order valence-corrected chi connectivity index (χ2v) is 5.93. The molecule has 1 aromatic carbocycles. The van der Waals surface area contributed by atoms with Gasteiger partial charge in [-0.1, -0.05) is 0 Å². The van der Waals surface area contributed by atoms with Crippen LogP contribution in [0.2, 0.25) is 0 Å². The molecule has 1 aromatic heterocycles. The maximum Gasteiger partial charge on any atom is 0.311 e. The van der Waals surface area contributed by atoms with Crippen molar-refractivity contribution in [3.63, 3.8) is 0 Å². The molecule has 0 saturated carbocycles. The molecule has 3 rings (SSSR count). The van der Waals surface area contributed by atoms with E-state index in [1.54, 1.807) is 13.0 Å². The van der Waals surface area contributed by atoms with Gasteiger partial charge in [0.05, 0.1) is 4.92 Å². The van der Waals surface area contributed by atoms with Crippen molar-refractivity contribution >= 4 is 11.5 Å². The first kappa shape index (κ1) is 17.1. The quantitative estimate of drug-likeness (QED) is 0.623. The SMILES string of the molecule is Cc1ccc([N+](=O)[O-])c(N2CCC(Oc3ccc(F)cc3F)CC2)n1. The van der Waals surface area contributed by atoms with Crippen molar-refractivity contribution in [2.24, 2.45) is 0 Å². The summed E-state index contributed by atoms with van der Waals surface area (Å²) in [5, 5.41) is 11.2. The van der Waals surface area contributed by atoms with Crippen molar-refractivity contribution in [3.8, 4) is 5.75 Å². The zero-order valence-corrected chi connectivity index (χ0v) is 13.6. The van der Waals surface area contributed by atoms with Crippen molar-refractivity contribution < 1.29 is 18.4 Å². The van der Waals surface area contributed by atoms with E-state index in [1.807, 2.05) is 4.90 Å². The van der Waals surface area contributed by atoms with Crippen LogP contribution >= 0.6 is 0 Å². The number of nitrogens with zero attached hydrogens (tertiary/aromatic N) is 3. The third-order valence-corrected chi connectivity index (χ3v) is 4.12. The first-order chi connectivity index (χ1) is 11.9. The first-order valence-electron chi connectivity index (χ1n) is 7.93. The number of ether oxygens (including phenoxy) is 1. The van der Waals surface area contributed by atoms with E-state index in [0.717, 1.165) is 12.1 Å². The molecule has 0 aliphatic carbocycles. The molecule has 0 unspecified atom stereocenters. The Morgan fingerprint density at radius 2 is 1.96 bits per heavy atom. The highest BCUT2D eigenvalue weighted by molar-refractivity contribution is 5.58. The molecule has 0 N–H and O–H groups in total. The highest BCUT2D eigenvalue weighted by atomic mass is 19.1. The highest BCUT2D eigenvalue weighted by Gasteiger charge is 2.27. The summed E-state index contributed by atoms with van der Waals surface area (Å²) < 4.78 is 32.2. The number of pyridine rings is 1. The molecule has 1 fully saturated rings. The summed E-state index contributed by atoms with van der Waals surface area (Å²) >= 11 is 0. The van der Waals surface area contributed by atoms with Gasteiger partial charge in [0.25, 0.3) is 0 Å². The molecule has 2 aromatic rings. The lowest BCUT2D eigenvalue weighted by Crippen LogP contribution is -2.39. The molecule has 132 valence electrons. The molecule has 25 heavy (non-hydrogen) atoms. The average molecular weight is 349 g/mol. The number of halogens is 2. The van der Waals surface area contributed by atoms with Gasteiger partial charge in [-0.05, 0) is 25.1 Å². The Kier molecular flexibility index (Phi) is 4.78. The molecule has 0 spiro atoms. The van der Waals surface area contributed by atoms with Crippen molar-refractivity contribution in [1.82, 2.24) is 4.98 Å². The van der Waals surface area contributed by atoms with Crippen LogP contribution in [0.15, 0.2) is 30.3 Å². The zero-order chi connectivity index (χ0) is 18.0. The Morgan fingerprint density at radius 1 is 1.24 bits per heavy atom. The lowest BCUT2D eigenvalue weighted by Gasteiger charge is -2.32. The molecule has 0 radical (unpaired) electrons. The summed E-state index contributed by atoms with van der Waals surface area (Å²) in [5.41, 5.74) is 0.668. The topological polar surface area (TPSA) is 68.5 Å². The number of aryl methyl sites for hydroxylation is 1. The van der Waals surface area contributed by atoms with Gasteiger partial charge >= 0.3 is 5.69 Å². The smallest absolute Gasteiger partial charge is 0.311 e. The van der Waals surface area contributed by atoms with E-state index in [0.29, 0.717) is 37.4 Å². The van der Waals surface area contributed by atoms with Crippen molar-refractivity contribution in [1.29, 1.82) is 0 Å². The van der Waals surface area contributed by atoms with Crippen LogP contribution in [0.5, 0.6) is 5.75 Å². The maximum atomic E-state index is 13.7. The van der Waals surface area contributed by atoms with E-state index >= 15 is 0 Å². The van der Waals surface area contributed by atoms with E-state index in [1.165, 1.54) is 12.1 Å². The summed E-state index contributed by atoms with van der Waals surface area (Å²) in [5.74, 6) is -1.04. The van der Waals surface area contributed by atoms with Gasteiger partial charge in [0.15, 0.2) is 11.6 Å². The summed E-state index contributed by atoms with van der Waals surface area (Å²) in [6.07, 6.45) is 0.882. The Bertz CT molecular complexity index is 793. The normalized spacial score (nSPS) is 15.2. The van der Waals surface area contributed by atoms with Crippen LogP contribution in [0.1, 0.15) is 18.5 Å². The molecule has 8 heteroatoms. The van der Waals surface area contributed by atoms with Crippen LogP contribution in [0.25, 0.3) is 0 Å². The Labute approximate surface area is 143 Å². The summed E-state index contributed by atoms with van der Waals surface area (Å²) in [4.78, 5) is 16.9. The number of hydrogen-bond donors (Lipinski definition) is 0. The minimum atomic E-state index is -0.738. The molecule has 0 atom stereocenters. The van der Waals surface area contributed by atoms with E-state index in [2.05, 4.69) is 4.98 Å². The molecule has 0 bridgehead atoms. The Balaban J connectivity index is 1.68. The van der Waals surface area contributed by atoms with Gasteiger partial charge in [-0.2, -0.15) is 0 Å². The second kappa shape index (κ2) is 7.00. The first-order valence-corrected chi connectivity index (χ1v) is 7.93. The molecule has 1 aliphatic heterocycles. The summed E-state index contributed by atoms with van der Waals surface area (Å²) in [7, 11) is 0. The van der Waals surface area contributed by atoms with Gasteiger partial charge in [0.2, 0.25) is 5.82 Å². The minimum Gasteiger partial charge on any atom is -0.487 e. The number of aromatic nitrogens is 1. The number of rotatable bonds is 4. The van der Waals surface area contributed by atoms with E-state index in [-0.39, 0.29) is 17.5 Å². The van der Waals surface area contributed by atoms with Crippen molar-refractivity contribution in [2.75, 3.05) is 18.0 Å². The molecule has 0 amide bonds. The van der Waals surface area contributed by atoms with Gasteiger partial charge in [0, 0.05) is 43.8 Å². The predicted molar refractivity (Wildman–Crippen MR) is 87.8 cm³/mol. The van der Waals surface area contributed by atoms with Gasteiger partial charge in [-0.3, -0.25) is 10.1 Å². The monoisotopic (exact) mass is 349 g/mol. The predicted octanol–water partition coefficient (Wildman–Crippen LogP) is 3.62. The average Bonchev–Trinajstić information content (AvgIpc) is 2.58. The van der Waals surface area contributed by atoms with Gasteiger partial charge in [-0.15, -0.1) is 0 Å². The highest BCUT2D eigenvalue weighted by Crippen LogP contribution is 2.30. The summed E-state index contributed by atoms with van der Waals surface area (Å²) in [6.45, 7) is 2.79. The number of hydrogen-bond acceptors (Lipinski definition) is 5. The second-order valence-electron chi connectivity index (χ2n) is 5.93. The third kappa shape index (κ3) is 3.84. The largest absolute Gasteiger partial charge is 0.487 e. The van der Waals surface area contributed by atoms with Crippen LogP contribution in [0, 0.1) is 28.7 Å². The van der Waals surface area contributed by atoms with Crippen LogP contribution in [0.3, 0.4) is 0 Å². The molecule has 1 saturated heterocycles. The fraction of sp³-hybridized carbons (Fsp3) is 0.353. The maximum absolute atomic E-state index is 13.7. The summed E-state index contributed by atoms with van der Waals surface area (Å²) in [6, 6.07) is 6.25. The van der Waals surface area contributed by atoms with Crippen LogP contribution in [-0.4, -0.2) is 29.1 Å². The van der Waals surface area contributed by atoms with Gasteiger partial charge < -0.3 is 9.64 Å². The Hall–Kier alpha value is -2.77. The molecular formula is C17H17F2N3O3. The molecular weight excluding hydrogens is 332 g/mol. The van der Waals surface area contributed by atoms with Crippen LogP contribution in [-0.2, 0) is 0 Å². The van der Waals surface area contributed by atoms with Crippen LogP contribution in [0.4, 0.5) is 20.3 Å². The standard InChI is InChI=1S/C17H17F2N3O3/c1-11-2-4-15(22(23)24)17(20-11)21-8-6-13(7-9-21)25-16-5-3-12(18)10-14(16)19/h2-5,10,13H,6-9H2,1H3. The number of benzene rings is 1. The van der Waals surface area contributed by atoms with Crippen LogP contribution < -0.4 is 9.64 Å². The van der Waals surface area contributed by atoms with E-state index in [4.69, 9.17) is 4.74 Å². The van der Waals surface area contributed by atoms with Crippen molar-refractivity contribution in [2.45, 2.75) is 25.9 Å². The lowest BCUT2D eigenvalue weighted by molar-refractivity contribution is -0.384. The lowest BCUT2D eigenvalue weighted by atomic mass is 10.1. The number of piperidine rings is 1. The molecule has 1 aliphatic rings. The zero-order valence-electron chi connectivity index (χ0n) is 13.6. The fourth-order valence-electron chi connectivity index (χ4n) is 2.85. The van der Waals surface area contributed by atoms with Gasteiger partial charge in [-0.25, -0.2) is 13.8 Å². The van der Waals surface area contributed by atoms with Crippen molar-refractivity contribution in [3.05, 3.63) is 57.8 Å². The van der Waals surface area contributed by atoms with Gasteiger partial charge in [0.1, 0.15) is 11.9 Å². The third-order valence-electron chi connectivity index (χ3n) is 4.12. The minimum absolute atomic E-state index is 0.0134. The number of nitro groups is 1. The van der Waals surface area contributed by atoms with E-state index in [9.17, 15) is 18.9 Å². The fourth-order valence-corrected chi connectivity index (χ4v) is 2.85.